The summed E-state index contributed by atoms with van der Waals surface area (Å²) in [5.41, 5.74) is 2.23. The zero-order chi connectivity index (χ0) is 13.8. The van der Waals surface area contributed by atoms with Gasteiger partial charge in [0.2, 0.25) is 0 Å². The number of thioether (sulfide) groups is 1. The number of thiazole rings is 1. The van der Waals surface area contributed by atoms with Crippen LogP contribution in [0.1, 0.15) is 5.69 Å². The van der Waals surface area contributed by atoms with Crippen LogP contribution in [-0.4, -0.2) is 10.1 Å². The van der Waals surface area contributed by atoms with Crippen LogP contribution >= 0.6 is 23.1 Å². The maximum Gasteiger partial charge on any atom is 0.123 e. The number of hydrogen-bond acceptors (Lipinski definition) is 4. The molecule has 1 N–H and O–H groups in total. The fourth-order valence-electron chi connectivity index (χ4n) is 1.82. The van der Waals surface area contributed by atoms with Crippen LogP contribution in [0.15, 0.2) is 64.9 Å². The lowest BCUT2D eigenvalue weighted by molar-refractivity contribution is 0.474. The summed E-state index contributed by atoms with van der Waals surface area (Å²) in [5, 5.41) is 12.6. The molecule has 0 radical (unpaired) electrons. The molecule has 0 aliphatic rings. The van der Waals surface area contributed by atoms with E-state index in [9.17, 15) is 5.11 Å². The van der Waals surface area contributed by atoms with Crippen LogP contribution in [0, 0.1) is 0 Å². The van der Waals surface area contributed by atoms with Gasteiger partial charge in [-0.1, -0.05) is 36.4 Å². The summed E-state index contributed by atoms with van der Waals surface area (Å²) in [6.45, 7) is 0. The Morgan fingerprint density at radius 2 is 1.90 bits per heavy atom. The molecule has 0 amide bonds. The zero-order valence-corrected chi connectivity index (χ0v) is 12.3. The van der Waals surface area contributed by atoms with Gasteiger partial charge >= 0.3 is 0 Å². The highest BCUT2D eigenvalue weighted by Crippen LogP contribution is 2.28. The van der Waals surface area contributed by atoms with Gasteiger partial charge in [0.1, 0.15) is 10.8 Å². The average Bonchev–Trinajstić information content (AvgIpc) is 2.95. The minimum absolute atomic E-state index is 0.304. The van der Waals surface area contributed by atoms with Gasteiger partial charge in [0, 0.05) is 21.6 Å². The van der Waals surface area contributed by atoms with Crippen molar-refractivity contribution >= 4 is 23.1 Å². The molecule has 3 rings (SSSR count). The van der Waals surface area contributed by atoms with Gasteiger partial charge in [-0.05, 0) is 18.2 Å². The Morgan fingerprint density at radius 3 is 2.70 bits per heavy atom. The Balaban J connectivity index is 1.69. The molecule has 0 aliphatic heterocycles. The van der Waals surface area contributed by atoms with E-state index in [0.29, 0.717) is 5.75 Å². The standard InChI is InChI=1S/C16H13NOS2/c18-14-7-4-8-15(9-14)19-10-13-11-20-16(17-13)12-5-2-1-3-6-12/h1-9,11,18H,10H2. The Bertz CT molecular complexity index is 694. The average molecular weight is 299 g/mol. The number of rotatable bonds is 4. The van der Waals surface area contributed by atoms with Crippen molar-refractivity contribution in [1.82, 2.24) is 4.98 Å². The van der Waals surface area contributed by atoms with E-state index >= 15 is 0 Å². The van der Waals surface area contributed by atoms with Gasteiger partial charge in [-0.25, -0.2) is 4.98 Å². The molecule has 0 atom stereocenters. The highest BCUT2D eigenvalue weighted by molar-refractivity contribution is 7.98. The summed E-state index contributed by atoms with van der Waals surface area (Å²) in [4.78, 5) is 5.71. The third kappa shape index (κ3) is 3.21. The van der Waals surface area contributed by atoms with Crippen LogP contribution in [0.5, 0.6) is 5.75 Å². The highest BCUT2D eigenvalue weighted by atomic mass is 32.2. The summed E-state index contributed by atoms with van der Waals surface area (Å²) in [6, 6.07) is 17.5. The SMILES string of the molecule is Oc1cccc(SCc2csc(-c3ccccc3)n2)c1. The van der Waals surface area contributed by atoms with Gasteiger partial charge in [-0.3, -0.25) is 0 Å². The third-order valence-corrected chi connectivity index (χ3v) is 4.74. The molecule has 0 saturated carbocycles. The van der Waals surface area contributed by atoms with Crippen LogP contribution in [0.4, 0.5) is 0 Å². The molecule has 0 spiro atoms. The van der Waals surface area contributed by atoms with Crippen molar-refractivity contribution in [3.05, 3.63) is 65.7 Å². The zero-order valence-electron chi connectivity index (χ0n) is 10.7. The molecule has 3 aromatic rings. The molecular formula is C16H13NOS2. The Hall–Kier alpha value is -1.78. The van der Waals surface area contributed by atoms with Gasteiger partial charge in [0.25, 0.3) is 0 Å². The van der Waals surface area contributed by atoms with Crippen LogP contribution < -0.4 is 0 Å². The minimum Gasteiger partial charge on any atom is -0.508 e. The molecular weight excluding hydrogens is 286 g/mol. The summed E-state index contributed by atoms with van der Waals surface area (Å²) >= 11 is 3.35. The summed E-state index contributed by atoms with van der Waals surface area (Å²) in [6.07, 6.45) is 0. The van der Waals surface area contributed by atoms with E-state index in [2.05, 4.69) is 22.5 Å². The predicted molar refractivity (Wildman–Crippen MR) is 85.2 cm³/mol. The number of aromatic nitrogens is 1. The minimum atomic E-state index is 0.304. The summed E-state index contributed by atoms with van der Waals surface area (Å²) in [7, 11) is 0. The Morgan fingerprint density at radius 1 is 1.05 bits per heavy atom. The molecule has 1 aromatic heterocycles. The largest absolute Gasteiger partial charge is 0.508 e. The summed E-state index contributed by atoms with van der Waals surface area (Å²) < 4.78 is 0. The van der Waals surface area contributed by atoms with Crippen LogP contribution in [0.25, 0.3) is 10.6 Å². The maximum atomic E-state index is 9.44. The molecule has 20 heavy (non-hydrogen) atoms. The normalized spacial score (nSPS) is 10.6. The maximum absolute atomic E-state index is 9.44. The van der Waals surface area contributed by atoms with Gasteiger partial charge in [0.15, 0.2) is 0 Å². The van der Waals surface area contributed by atoms with Crippen LogP contribution in [0.2, 0.25) is 0 Å². The first-order chi connectivity index (χ1) is 9.81. The quantitative estimate of drug-likeness (QED) is 0.702. The van der Waals surface area contributed by atoms with Gasteiger partial charge in [-0.15, -0.1) is 23.1 Å². The smallest absolute Gasteiger partial charge is 0.123 e. The van der Waals surface area contributed by atoms with Crippen molar-refractivity contribution < 1.29 is 5.11 Å². The lowest BCUT2D eigenvalue weighted by Crippen LogP contribution is -1.82. The fraction of sp³-hybridized carbons (Fsp3) is 0.0625. The monoisotopic (exact) mass is 299 g/mol. The third-order valence-electron chi connectivity index (χ3n) is 2.78. The van der Waals surface area contributed by atoms with Crippen molar-refractivity contribution in [3.8, 4) is 16.3 Å². The van der Waals surface area contributed by atoms with E-state index in [1.165, 1.54) is 0 Å². The predicted octanol–water partition coefficient (Wildman–Crippen LogP) is 4.81. The molecule has 2 nitrogen and oxygen atoms in total. The first-order valence-electron chi connectivity index (χ1n) is 6.23. The van der Waals surface area contributed by atoms with Crippen molar-refractivity contribution in [2.45, 2.75) is 10.6 Å². The number of nitrogens with zero attached hydrogens (tertiary/aromatic N) is 1. The second-order valence-corrected chi connectivity index (χ2v) is 6.20. The second-order valence-electron chi connectivity index (χ2n) is 4.30. The van der Waals surface area contributed by atoms with E-state index < -0.39 is 0 Å². The lowest BCUT2D eigenvalue weighted by Gasteiger charge is -2.00. The van der Waals surface area contributed by atoms with Crippen LogP contribution in [-0.2, 0) is 5.75 Å². The van der Waals surface area contributed by atoms with Gasteiger partial charge in [-0.2, -0.15) is 0 Å². The summed E-state index contributed by atoms with van der Waals surface area (Å²) in [5.74, 6) is 1.12. The molecule has 0 bridgehead atoms. The number of phenols is 1. The second kappa shape index (κ2) is 6.11. The van der Waals surface area contributed by atoms with Crippen molar-refractivity contribution in [3.63, 3.8) is 0 Å². The van der Waals surface area contributed by atoms with Gasteiger partial charge in [0.05, 0.1) is 5.69 Å². The van der Waals surface area contributed by atoms with Crippen molar-refractivity contribution in [1.29, 1.82) is 0 Å². The lowest BCUT2D eigenvalue weighted by atomic mass is 10.2. The first kappa shape index (κ1) is 13.2. The number of hydrogen-bond donors (Lipinski definition) is 1. The molecule has 100 valence electrons. The Labute approximate surface area is 126 Å². The highest BCUT2D eigenvalue weighted by Gasteiger charge is 2.05. The van der Waals surface area contributed by atoms with Crippen LogP contribution in [0.3, 0.4) is 0 Å². The number of aromatic hydroxyl groups is 1. The molecule has 2 aromatic carbocycles. The topological polar surface area (TPSA) is 33.1 Å². The van der Waals surface area contributed by atoms with E-state index in [1.807, 2.05) is 30.3 Å². The van der Waals surface area contributed by atoms with E-state index in [-0.39, 0.29) is 0 Å². The molecule has 0 aliphatic carbocycles. The van der Waals surface area contributed by atoms with E-state index in [4.69, 9.17) is 0 Å². The molecule has 0 saturated heterocycles. The first-order valence-corrected chi connectivity index (χ1v) is 8.09. The number of phenolic OH excluding ortho intramolecular Hbond substituents is 1. The van der Waals surface area contributed by atoms with Gasteiger partial charge < -0.3 is 5.11 Å². The van der Waals surface area contributed by atoms with E-state index in [0.717, 1.165) is 26.9 Å². The van der Waals surface area contributed by atoms with Crippen molar-refractivity contribution in [2.75, 3.05) is 0 Å². The fourth-order valence-corrected chi connectivity index (χ4v) is 3.59. The number of benzene rings is 2. The molecule has 1 heterocycles. The van der Waals surface area contributed by atoms with Crippen molar-refractivity contribution in [2.24, 2.45) is 0 Å². The molecule has 4 heteroatoms. The van der Waals surface area contributed by atoms with E-state index in [1.54, 1.807) is 35.2 Å². The molecule has 0 unspecified atom stereocenters. The Kier molecular flexibility index (Phi) is 4.04. The molecule has 0 fully saturated rings.